The van der Waals surface area contributed by atoms with Crippen LogP contribution in [-0.2, 0) is 16.9 Å². The molecule has 1 saturated heterocycles. The molecule has 5 heteroatoms. The van der Waals surface area contributed by atoms with Crippen LogP contribution in [0.15, 0.2) is 60.9 Å². The molecule has 0 radical (unpaired) electrons. The van der Waals surface area contributed by atoms with Gasteiger partial charge in [0.1, 0.15) is 5.54 Å². The summed E-state index contributed by atoms with van der Waals surface area (Å²) in [6.07, 6.45) is 2.84. The fraction of sp³-hybridized carbons (Fsp3) is 0.300. The molecule has 0 amide bonds. The molecule has 2 aromatic carbocycles. The van der Waals surface area contributed by atoms with Crippen molar-refractivity contribution in [1.29, 1.82) is 0 Å². The van der Waals surface area contributed by atoms with Crippen LogP contribution in [0, 0.1) is 0 Å². The second-order valence-corrected chi connectivity index (χ2v) is 6.70. The maximum absolute atomic E-state index is 12.2. The van der Waals surface area contributed by atoms with Crippen molar-refractivity contribution in [2.75, 3.05) is 13.1 Å². The van der Waals surface area contributed by atoms with Crippen molar-refractivity contribution < 1.29 is 9.90 Å². The Morgan fingerprint density at radius 1 is 1.04 bits per heavy atom. The number of likely N-dealkylation sites (tertiary alicyclic amines) is 1. The molecule has 3 aromatic rings. The molecule has 0 unspecified atom stereocenters. The van der Waals surface area contributed by atoms with Crippen molar-refractivity contribution in [3.05, 3.63) is 66.5 Å². The predicted molar refractivity (Wildman–Crippen MR) is 96.3 cm³/mol. The maximum Gasteiger partial charge on any atom is 0.330 e. The van der Waals surface area contributed by atoms with Crippen LogP contribution in [0.1, 0.15) is 18.4 Å². The Kier molecular flexibility index (Phi) is 4.01. The standard InChI is InChI=1S/C20H21N3O2/c24-19(25)20(23-15-21-17-8-4-5-9-18(17)23)10-12-22(13-11-20)14-16-6-2-1-3-7-16/h1-9,15H,10-14H2,(H,24,25). The molecular weight excluding hydrogens is 314 g/mol. The van der Waals surface area contributed by atoms with E-state index in [1.807, 2.05) is 47.0 Å². The van der Waals surface area contributed by atoms with Crippen molar-refractivity contribution in [3.63, 3.8) is 0 Å². The molecule has 0 spiro atoms. The van der Waals surface area contributed by atoms with E-state index in [9.17, 15) is 9.90 Å². The Balaban J connectivity index is 1.58. The monoisotopic (exact) mass is 335 g/mol. The van der Waals surface area contributed by atoms with E-state index in [0.717, 1.165) is 30.7 Å². The first-order chi connectivity index (χ1) is 12.2. The Labute approximate surface area is 146 Å². The minimum absolute atomic E-state index is 0.579. The molecular formula is C20H21N3O2. The van der Waals surface area contributed by atoms with Gasteiger partial charge in [0.05, 0.1) is 17.4 Å². The highest BCUT2D eigenvalue weighted by Crippen LogP contribution is 2.34. The lowest BCUT2D eigenvalue weighted by Gasteiger charge is -2.40. The van der Waals surface area contributed by atoms with E-state index in [-0.39, 0.29) is 0 Å². The number of rotatable bonds is 4. The van der Waals surface area contributed by atoms with Crippen LogP contribution in [0.5, 0.6) is 0 Å². The molecule has 0 bridgehead atoms. The van der Waals surface area contributed by atoms with Gasteiger partial charge in [0.25, 0.3) is 0 Å². The number of aliphatic carboxylic acids is 1. The smallest absolute Gasteiger partial charge is 0.330 e. The van der Waals surface area contributed by atoms with E-state index in [2.05, 4.69) is 22.0 Å². The first kappa shape index (κ1) is 15.8. The highest BCUT2D eigenvalue weighted by molar-refractivity contribution is 5.82. The Hall–Kier alpha value is -2.66. The SMILES string of the molecule is O=C(O)C1(n2cnc3ccccc32)CCN(Cc2ccccc2)CC1. The molecule has 5 nitrogen and oxygen atoms in total. The van der Waals surface area contributed by atoms with Crippen molar-refractivity contribution in [3.8, 4) is 0 Å². The van der Waals surface area contributed by atoms with Gasteiger partial charge in [0.2, 0.25) is 0 Å². The summed E-state index contributed by atoms with van der Waals surface area (Å²) in [5, 5.41) is 10.0. The highest BCUT2D eigenvalue weighted by atomic mass is 16.4. The lowest BCUT2D eigenvalue weighted by Crippen LogP contribution is -2.50. The van der Waals surface area contributed by atoms with Gasteiger partial charge >= 0.3 is 5.97 Å². The van der Waals surface area contributed by atoms with Crippen LogP contribution in [0.4, 0.5) is 0 Å². The number of carbonyl (C=O) groups is 1. The largest absolute Gasteiger partial charge is 0.479 e. The number of benzene rings is 2. The van der Waals surface area contributed by atoms with Crippen LogP contribution in [0.2, 0.25) is 0 Å². The second-order valence-electron chi connectivity index (χ2n) is 6.70. The summed E-state index contributed by atoms with van der Waals surface area (Å²) in [5.41, 5.74) is 2.08. The van der Waals surface area contributed by atoms with E-state index in [0.29, 0.717) is 12.8 Å². The first-order valence-corrected chi connectivity index (χ1v) is 8.61. The van der Waals surface area contributed by atoms with Gasteiger partial charge in [-0.1, -0.05) is 42.5 Å². The number of para-hydroxylation sites is 2. The Bertz CT molecular complexity index is 880. The number of hydrogen-bond donors (Lipinski definition) is 1. The number of nitrogens with zero attached hydrogens (tertiary/aromatic N) is 3. The zero-order valence-electron chi connectivity index (χ0n) is 14.0. The molecule has 1 aliphatic heterocycles. The highest BCUT2D eigenvalue weighted by Gasteiger charge is 2.43. The third kappa shape index (κ3) is 2.81. The van der Waals surface area contributed by atoms with E-state index in [1.165, 1.54) is 5.56 Å². The average molecular weight is 335 g/mol. The third-order valence-corrected chi connectivity index (χ3v) is 5.25. The summed E-state index contributed by atoms with van der Waals surface area (Å²) >= 11 is 0. The predicted octanol–water partition coefficient (Wildman–Crippen LogP) is 3.11. The summed E-state index contributed by atoms with van der Waals surface area (Å²) < 4.78 is 1.87. The number of hydrogen-bond acceptors (Lipinski definition) is 3. The molecule has 1 N–H and O–H groups in total. The Morgan fingerprint density at radius 2 is 1.72 bits per heavy atom. The quantitative estimate of drug-likeness (QED) is 0.796. The number of imidazole rings is 1. The fourth-order valence-electron chi connectivity index (χ4n) is 3.78. The van der Waals surface area contributed by atoms with Crippen molar-refractivity contribution in [2.24, 2.45) is 0 Å². The normalized spacial score (nSPS) is 17.6. The molecule has 1 fully saturated rings. The molecule has 128 valence electrons. The molecule has 0 aliphatic carbocycles. The first-order valence-electron chi connectivity index (χ1n) is 8.61. The molecule has 0 atom stereocenters. The van der Waals surface area contributed by atoms with Gasteiger partial charge in [-0.05, 0) is 30.5 Å². The minimum atomic E-state index is -0.913. The van der Waals surface area contributed by atoms with Crippen LogP contribution >= 0.6 is 0 Å². The van der Waals surface area contributed by atoms with Gasteiger partial charge in [-0.15, -0.1) is 0 Å². The van der Waals surface area contributed by atoms with Crippen LogP contribution < -0.4 is 0 Å². The molecule has 25 heavy (non-hydrogen) atoms. The van der Waals surface area contributed by atoms with Crippen LogP contribution in [0.25, 0.3) is 11.0 Å². The molecule has 1 aromatic heterocycles. The number of aromatic nitrogens is 2. The van der Waals surface area contributed by atoms with E-state index in [1.54, 1.807) is 6.33 Å². The molecule has 4 rings (SSSR count). The topological polar surface area (TPSA) is 58.4 Å². The number of fused-ring (bicyclic) bond motifs is 1. The van der Waals surface area contributed by atoms with Gasteiger partial charge in [-0.3, -0.25) is 4.90 Å². The minimum Gasteiger partial charge on any atom is -0.479 e. The molecule has 2 heterocycles. The number of carboxylic acids is 1. The number of carboxylic acid groups (broad SMARTS) is 1. The summed E-state index contributed by atoms with van der Waals surface area (Å²) in [7, 11) is 0. The van der Waals surface area contributed by atoms with Gasteiger partial charge < -0.3 is 9.67 Å². The van der Waals surface area contributed by atoms with Crippen LogP contribution in [0.3, 0.4) is 0 Å². The van der Waals surface area contributed by atoms with Crippen molar-refractivity contribution in [2.45, 2.75) is 24.9 Å². The summed E-state index contributed by atoms with van der Waals surface area (Å²) in [6, 6.07) is 18.0. The lowest BCUT2D eigenvalue weighted by atomic mass is 9.86. The third-order valence-electron chi connectivity index (χ3n) is 5.25. The average Bonchev–Trinajstić information content (AvgIpc) is 3.08. The van der Waals surface area contributed by atoms with E-state index in [4.69, 9.17) is 0 Å². The van der Waals surface area contributed by atoms with Gasteiger partial charge in [0.15, 0.2) is 0 Å². The van der Waals surface area contributed by atoms with Crippen LogP contribution in [-0.4, -0.2) is 38.6 Å². The number of piperidine rings is 1. The fourth-order valence-corrected chi connectivity index (χ4v) is 3.78. The molecule has 1 aliphatic rings. The zero-order valence-corrected chi connectivity index (χ0v) is 14.0. The van der Waals surface area contributed by atoms with E-state index < -0.39 is 11.5 Å². The maximum atomic E-state index is 12.2. The van der Waals surface area contributed by atoms with Crippen molar-refractivity contribution >= 4 is 17.0 Å². The summed E-state index contributed by atoms with van der Waals surface area (Å²) in [4.78, 5) is 18.9. The summed E-state index contributed by atoms with van der Waals surface area (Å²) in [5.74, 6) is -0.769. The summed E-state index contributed by atoms with van der Waals surface area (Å²) in [6.45, 7) is 2.38. The van der Waals surface area contributed by atoms with Gasteiger partial charge in [-0.25, -0.2) is 9.78 Å². The lowest BCUT2D eigenvalue weighted by molar-refractivity contribution is -0.150. The molecule has 0 saturated carbocycles. The van der Waals surface area contributed by atoms with E-state index >= 15 is 0 Å². The zero-order chi connectivity index (χ0) is 17.3. The van der Waals surface area contributed by atoms with Gasteiger partial charge in [-0.2, -0.15) is 0 Å². The van der Waals surface area contributed by atoms with Crippen molar-refractivity contribution in [1.82, 2.24) is 14.5 Å². The Morgan fingerprint density at radius 3 is 2.44 bits per heavy atom. The second kappa shape index (κ2) is 6.33. The van der Waals surface area contributed by atoms with Gasteiger partial charge in [0, 0.05) is 19.6 Å².